The minimum absolute atomic E-state index is 0.594. The number of pyridine rings is 1. The molecule has 0 aliphatic heterocycles. The number of nitrogens with zero attached hydrogens (tertiary/aromatic N) is 3. The Kier molecular flexibility index (Phi) is 3.83. The van der Waals surface area contributed by atoms with Crippen molar-refractivity contribution in [3.63, 3.8) is 0 Å². The molecule has 0 amide bonds. The van der Waals surface area contributed by atoms with Crippen molar-refractivity contribution in [1.82, 2.24) is 4.98 Å². The fourth-order valence-corrected chi connectivity index (χ4v) is 1.25. The van der Waals surface area contributed by atoms with Gasteiger partial charge in [0, 0.05) is 25.4 Å². The molecule has 0 bridgehead atoms. The topological polar surface area (TPSA) is 45.6 Å². The molecule has 4 nitrogen and oxygen atoms in total. The summed E-state index contributed by atoms with van der Waals surface area (Å²) in [6.45, 7) is 5.89. The van der Waals surface area contributed by atoms with Gasteiger partial charge >= 0.3 is 0 Å². The molecule has 0 saturated heterocycles. The molecule has 0 unspecified atom stereocenters. The van der Waals surface area contributed by atoms with Crippen LogP contribution in [-0.4, -0.2) is 24.2 Å². The van der Waals surface area contributed by atoms with Crippen molar-refractivity contribution in [3.8, 4) is 0 Å². The van der Waals surface area contributed by atoms with Crippen LogP contribution in [0.5, 0.6) is 0 Å². The van der Waals surface area contributed by atoms with Gasteiger partial charge in [0.05, 0.1) is 5.69 Å². The zero-order valence-corrected chi connectivity index (χ0v) is 8.40. The number of hydrogen-bond acceptors (Lipinski definition) is 4. The Bertz CT molecular complexity index is 341. The molecule has 1 rings (SSSR count). The van der Waals surface area contributed by atoms with Crippen molar-refractivity contribution in [2.45, 2.75) is 13.8 Å². The van der Waals surface area contributed by atoms with Crippen LogP contribution >= 0.6 is 0 Å². The van der Waals surface area contributed by atoms with Gasteiger partial charge in [-0.05, 0) is 19.9 Å². The van der Waals surface area contributed by atoms with Gasteiger partial charge in [0.15, 0.2) is 0 Å². The smallest absolute Gasteiger partial charge is 0.240 e. The quantitative estimate of drug-likeness (QED) is 0.539. The molecule has 0 fully saturated rings. The molecule has 0 N–H and O–H groups in total. The van der Waals surface area contributed by atoms with Crippen molar-refractivity contribution in [2.24, 2.45) is 4.99 Å². The number of aliphatic imine (C=N–C) groups is 1. The Hall–Kier alpha value is -1.67. The average Bonchev–Trinajstić information content (AvgIpc) is 2.21. The van der Waals surface area contributed by atoms with Gasteiger partial charge in [0.25, 0.3) is 0 Å². The summed E-state index contributed by atoms with van der Waals surface area (Å²) >= 11 is 0. The van der Waals surface area contributed by atoms with Gasteiger partial charge in [-0.15, -0.1) is 0 Å². The van der Waals surface area contributed by atoms with E-state index in [1.54, 1.807) is 18.3 Å². The minimum atomic E-state index is 0.594. The zero-order valence-electron chi connectivity index (χ0n) is 8.40. The minimum Gasteiger partial charge on any atom is -0.357 e. The van der Waals surface area contributed by atoms with Gasteiger partial charge < -0.3 is 4.90 Å². The summed E-state index contributed by atoms with van der Waals surface area (Å²) in [5.74, 6) is 0.839. The van der Waals surface area contributed by atoms with Gasteiger partial charge in [-0.2, -0.15) is 4.99 Å². The number of rotatable bonds is 4. The number of isocyanates is 1. The number of aromatic nitrogens is 1. The van der Waals surface area contributed by atoms with Gasteiger partial charge in [-0.3, -0.25) is 0 Å². The third kappa shape index (κ3) is 2.41. The molecule has 0 saturated carbocycles. The van der Waals surface area contributed by atoms with Crippen molar-refractivity contribution in [1.29, 1.82) is 0 Å². The van der Waals surface area contributed by atoms with E-state index in [-0.39, 0.29) is 0 Å². The first kappa shape index (κ1) is 10.4. The lowest BCUT2D eigenvalue weighted by atomic mass is 10.3. The van der Waals surface area contributed by atoms with E-state index in [0.717, 1.165) is 18.9 Å². The second-order valence-corrected chi connectivity index (χ2v) is 2.75. The zero-order chi connectivity index (χ0) is 10.4. The summed E-state index contributed by atoms with van der Waals surface area (Å²) in [6, 6.07) is 3.45. The second kappa shape index (κ2) is 5.14. The second-order valence-electron chi connectivity index (χ2n) is 2.75. The first-order chi connectivity index (χ1) is 6.81. The molecule has 1 aromatic heterocycles. The van der Waals surface area contributed by atoms with E-state index in [4.69, 9.17) is 0 Å². The lowest BCUT2D eigenvalue weighted by Gasteiger charge is -2.19. The maximum absolute atomic E-state index is 10.1. The van der Waals surface area contributed by atoms with E-state index in [1.807, 2.05) is 0 Å². The summed E-state index contributed by atoms with van der Waals surface area (Å²) in [5.41, 5.74) is 0.594. The SMILES string of the molecule is CCN(CC)c1cc(N=C=O)ccn1. The molecular weight excluding hydrogens is 178 g/mol. The first-order valence-corrected chi connectivity index (χ1v) is 4.60. The van der Waals surface area contributed by atoms with Gasteiger partial charge in [-0.1, -0.05) is 0 Å². The summed E-state index contributed by atoms with van der Waals surface area (Å²) < 4.78 is 0. The molecule has 0 atom stereocenters. The molecule has 4 heteroatoms. The Balaban J connectivity index is 2.97. The average molecular weight is 191 g/mol. The molecule has 0 spiro atoms. The van der Waals surface area contributed by atoms with Crippen molar-refractivity contribution < 1.29 is 4.79 Å². The first-order valence-electron chi connectivity index (χ1n) is 4.60. The van der Waals surface area contributed by atoms with Crippen LogP contribution in [-0.2, 0) is 4.79 Å². The predicted molar refractivity (Wildman–Crippen MR) is 55.6 cm³/mol. The molecule has 14 heavy (non-hydrogen) atoms. The van der Waals surface area contributed by atoms with Crippen molar-refractivity contribution >= 4 is 17.6 Å². The van der Waals surface area contributed by atoms with E-state index < -0.39 is 0 Å². The molecule has 0 aliphatic rings. The van der Waals surface area contributed by atoms with Crippen LogP contribution in [0.15, 0.2) is 23.3 Å². The van der Waals surface area contributed by atoms with E-state index in [9.17, 15) is 4.79 Å². The molecule has 1 heterocycles. The van der Waals surface area contributed by atoms with Crippen LogP contribution in [0.3, 0.4) is 0 Å². The molecule has 1 aromatic rings. The van der Waals surface area contributed by atoms with E-state index >= 15 is 0 Å². The van der Waals surface area contributed by atoms with Crippen molar-refractivity contribution in [2.75, 3.05) is 18.0 Å². The maximum Gasteiger partial charge on any atom is 0.240 e. The third-order valence-corrected chi connectivity index (χ3v) is 1.99. The van der Waals surface area contributed by atoms with Crippen LogP contribution in [0.2, 0.25) is 0 Å². The molecule has 74 valence electrons. The van der Waals surface area contributed by atoms with E-state index in [2.05, 4.69) is 28.7 Å². The van der Waals surface area contributed by atoms with E-state index in [0.29, 0.717) is 5.69 Å². The Morgan fingerprint density at radius 2 is 2.21 bits per heavy atom. The monoisotopic (exact) mass is 191 g/mol. The van der Waals surface area contributed by atoms with Crippen molar-refractivity contribution in [3.05, 3.63) is 18.3 Å². The molecular formula is C10H13N3O. The van der Waals surface area contributed by atoms with Gasteiger partial charge in [0.2, 0.25) is 6.08 Å². The summed E-state index contributed by atoms with van der Waals surface area (Å²) in [4.78, 5) is 19.9. The largest absolute Gasteiger partial charge is 0.357 e. The summed E-state index contributed by atoms with van der Waals surface area (Å²) in [7, 11) is 0. The fourth-order valence-electron chi connectivity index (χ4n) is 1.25. The van der Waals surface area contributed by atoms with Gasteiger partial charge in [0.1, 0.15) is 5.82 Å². The molecule has 0 aliphatic carbocycles. The third-order valence-electron chi connectivity index (χ3n) is 1.99. The van der Waals surface area contributed by atoms with Crippen LogP contribution in [0.1, 0.15) is 13.8 Å². The van der Waals surface area contributed by atoms with Crippen LogP contribution in [0.25, 0.3) is 0 Å². The highest BCUT2D eigenvalue weighted by atomic mass is 16.1. The normalized spacial score (nSPS) is 9.29. The Morgan fingerprint density at radius 1 is 1.50 bits per heavy atom. The Labute approximate surface area is 83.3 Å². The van der Waals surface area contributed by atoms with Crippen LogP contribution in [0.4, 0.5) is 11.5 Å². The Morgan fingerprint density at radius 3 is 2.79 bits per heavy atom. The number of hydrogen-bond donors (Lipinski definition) is 0. The number of carbonyl (C=O) groups excluding carboxylic acids is 1. The lowest BCUT2D eigenvalue weighted by molar-refractivity contribution is 0.565. The van der Waals surface area contributed by atoms with Crippen LogP contribution < -0.4 is 4.90 Å². The highest BCUT2D eigenvalue weighted by molar-refractivity contribution is 5.54. The number of anilines is 1. The predicted octanol–water partition coefficient (Wildman–Crippen LogP) is 1.90. The fraction of sp³-hybridized carbons (Fsp3) is 0.400. The molecule has 0 aromatic carbocycles. The van der Waals surface area contributed by atoms with E-state index in [1.165, 1.54) is 6.08 Å². The standard InChI is InChI=1S/C10H13N3O/c1-3-13(4-2)10-7-9(12-8-14)5-6-11-10/h5-7H,3-4H2,1-2H3. The highest BCUT2D eigenvalue weighted by Gasteiger charge is 2.02. The van der Waals surface area contributed by atoms with Gasteiger partial charge in [-0.25, -0.2) is 9.78 Å². The summed E-state index contributed by atoms with van der Waals surface area (Å²) in [5, 5.41) is 0. The van der Waals surface area contributed by atoms with Crippen LogP contribution in [0, 0.1) is 0 Å². The maximum atomic E-state index is 10.1. The molecule has 0 radical (unpaired) electrons. The lowest BCUT2D eigenvalue weighted by Crippen LogP contribution is -2.22. The highest BCUT2D eigenvalue weighted by Crippen LogP contribution is 2.17. The summed E-state index contributed by atoms with van der Waals surface area (Å²) in [6.07, 6.45) is 3.16.